The maximum Gasteiger partial charge on any atom is 0.229 e. The molecule has 27 heavy (non-hydrogen) atoms. The Balaban J connectivity index is 1.35. The Hall–Kier alpha value is -2.70. The summed E-state index contributed by atoms with van der Waals surface area (Å²) in [5.74, 6) is 1.90. The summed E-state index contributed by atoms with van der Waals surface area (Å²) >= 11 is 0. The van der Waals surface area contributed by atoms with E-state index in [2.05, 4.69) is 25.9 Å². The number of carbonyl (C=O) groups excluding carboxylic acids is 1. The Morgan fingerprint density at radius 3 is 2.78 bits per heavy atom. The van der Waals surface area contributed by atoms with Gasteiger partial charge in [-0.05, 0) is 56.2 Å². The number of halogens is 1. The van der Waals surface area contributed by atoms with Gasteiger partial charge in [0.2, 0.25) is 11.9 Å². The van der Waals surface area contributed by atoms with Gasteiger partial charge in [0.15, 0.2) is 0 Å². The van der Waals surface area contributed by atoms with Gasteiger partial charge in [-0.3, -0.25) is 4.79 Å². The highest BCUT2D eigenvalue weighted by Crippen LogP contribution is 2.42. The fourth-order valence-corrected chi connectivity index (χ4v) is 2.98. The lowest BCUT2D eigenvalue weighted by atomic mass is 10.2. The molecular formula is C20H24FN5O. The Morgan fingerprint density at radius 2 is 2.04 bits per heavy atom. The van der Waals surface area contributed by atoms with Crippen molar-refractivity contribution in [2.24, 2.45) is 5.92 Å². The molecule has 0 unspecified atom stereocenters. The number of anilines is 3. The predicted molar refractivity (Wildman–Crippen MR) is 103 cm³/mol. The van der Waals surface area contributed by atoms with Crippen LogP contribution >= 0.6 is 0 Å². The minimum atomic E-state index is -0.304. The van der Waals surface area contributed by atoms with Crippen molar-refractivity contribution >= 4 is 23.4 Å². The Labute approximate surface area is 158 Å². The molecule has 142 valence electrons. The summed E-state index contributed by atoms with van der Waals surface area (Å²) in [4.78, 5) is 20.6. The van der Waals surface area contributed by atoms with Crippen molar-refractivity contribution in [2.75, 3.05) is 23.7 Å². The van der Waals surface area contributed by atoms with Crippen LogP contribution in [0.1, 0.15) is 43.6 Å². The van der Waals surface area contributed by atoms with Crippen LogP contribution in [-0.2, 0) is 4.79 Å². The van der Waals surface area contributed by atoms with Gasteiger partial charge in [-0.15, -0.1) is 0 Å². The first-order valence-corrected chi connectivity index (χ1v) is 9.60. The fourth-order valence-electron chi connectivity index (χ4n) is 2.98. The van der Waals surface area contributed by atoms with Gasteiger partial charge < -0.3 is 16.0 Å². The summed E-state index contributed by atoms with van der Waals surface area (Å²) in [5.41, 5.74) is 1.74. The lowest BCUT2D eigenvalue weighted by Gasteiger charge is -2.13. The van der Waals surface area contributed by atoms with Gasteiger partial charge in [-0.2, -0.15) is 4.98 Å². The van der Waals surface area contributed by atoms with Crippen LogP contribution < -0.4 is 16.0 Å². The van der Waals surface area contributed by atoms with Crippen LogP contribution in [0.5, 0.6) is 0 Å². The van der Waals surface area contributed by atoms with E-state index in [1.165, 1.54) is 12.1 Å². The summed E-state index contributed by atoms with van der Waals surface area (Å²) in [6, 6.07) is 6.23. The molecule has 2 aliphatic rings. The van der Waals surface area contributed by atoms with Gasteiger partial charge in [-0.1, -0.05) is 6.07 Å². The molecule has 1 aromatic carbocycles. The molecule has 0 aliphatic heterocycles. The number of nitrogens with zero attached hydrogens (tertiary/aromatic N) is 2. The third kappa shape index (κ3) is 4.93. The zero-order chi connectivity index (χ0) is 18.6. The van der Waals surface area contributed by atoms with Crippen molar-refractivity contribution in [3.05, 3.63) is 41.8 Å². The van der Waals surface area contributed by atoms with Crippen LogP contribution in [0.2, 0.25) is 0 Å². The van der Waals surface area contributed by atoms with Crippen LogP contribution in [0, 0.1) is 11.7 Å². The monoisotopic (exact) mass is 369 g/mol. The Morgan fingerprint density at radius 1 is 1.19 bits per heavy atom. The molecule has 1 aromatic heterocycles. The van der Waals surface area contributed by atoms with Crippen molar-refractivity contribution in [1.29, 1.82) is 0 Å². The second-order valence-corrected chi connectivity index (χ2v) is 7.25. The molecule has 2 aliphatic carbocycles. The van der Waals surface area contributed by atoms with E-state index in [0.717, 1.165) is 50.0 Å². The predicted octanol–water partition coefficient (Wildman–Crippen LogP) is 3.56. The molecule has 4 rings (SSSR count). The lowest BCUT2D eigenvalue weighted by Crippen LogP contribution is -2.27. The fraction of sp³-hybridized carbons (Fsp3) is 0.450. The molecule has 2 fully saturated rings. The van der Waals surface area contributed by atoms with Crippen molar-refractivity contribution in [3.8, 4) is 0 Å². The van der Waals surface area contributed by atoms with E-state index in [1.54, 1.807) is 12.1 Å². The largest absolute Gasteiger partial charge is 0.370 e. The SMILES string of the molecule is O=C(NCCCNc1nc(Nc2cccc(F)c2)ncc1C1CC1)C1CC1. The normalized spacial score (nSPS) is 16.0. The number of carbonyl (C=O) groups is 1. The van der Waals surface area contributed by atoms with Gasteiger partial charge in [-0.25, -0.2) is 9.37 Å². The van der Waals surface area contributed by atoms with E-state index in [0.29, 0.717) is 24.1 Å². The number of nitrogens with one attached hydrogen (secondary N) is 3. The maximum atomic E-state index is 13.4. The van der Waals surface area contributed by atoms with Crippen LogP contribution in [0.15, 0.2) is 30.5 Å². The van der Waals surface area contributed by atoms with Gasteiger partial charge >= 0.3 is 0 Å². The minimum Gasteiger partial charge on any atom is -0.370 e. The molecule has 0 bridgehead atoms. The highest BCUT2D eigenvalue weighted by molar-refractivity contribution is 5.80. The molecule has 1 heterocycles. The molecule has 0 atom stereocenters. The van der Waals surface area contributed by atoms with Crippen LogP contribution in [0.4, 0.5) is 21.8 Å². The Bertz CT molecular complexity index is 820. The number of benzene rings is 1. The van der Waals surface area contributed by atoms with Crippen molar-refractivity contribution < 1.29 is 9.18 Å². The van der Waals surface area contributed by atoms with Gasteiger partial charge in [0.05, 0.1) is 0 Å². The first kappa shape index (κ1) is 17.7. The van der Waals surface area contributed by atoms with E-state index in [4.69, 9.17) is 0 Å². The standard InChI is InChI=1S/C20H24FN5O/c21-15-3-1-4-16(11-15)25-20-24-12-17(13-5-6-13)18(26-20)22-9-2-10-23-19(27)14-7-8-14/h1,3-4,11-14H,2,5-10H2,(H,23,27)(H2,22,24,25,26). The van der Waals surface area contributed by atoms with E-state index in [1.807, 2.05) is 6.20 Å². The van der Waals surface area contributed by atoms with Crippen molar-refractivity contribution in [1.82, 2.24) is 15.3 Å². The topological polar surface area (TPSA) is 78.9 Å². The van der Waals surface area contributed by atoms with Crippen LogP contribution in [-0.4, -0.2) is 29.0 Å². The highest BCUT2D eigenvalue weighted by Gasteiger charge is 2.29. The average Bonchev–Trinajstić information content (AvgIpc) is 3.55. The molecule has 3 N–H and O–H groups in total. The van der Waals surface area contributed by atoms with E-state index in [9.17, 15) is 9.18 Å². The zero-order valence-electron chi connectivity index (χ0n) is 15.2. The summed E-state index contributed by atoms with van der Waals surface area (Å²) in [5, 5.41) is 9.39. The molecule has 0 radical (unpaired) electrons. The molecule has 7 heteroatoms. The Kier molecular flexibility index (Phi) is 5.18. The van der Waals surface area contributed by atoms with Gasteiger partial charge in [0.25, 0.3) is 0 Å². The van der Waals surface area contributed by atoms with E-state index < -0.39 is 0 Å². The molecule has 1 amide bonds. The van der Waals surface area contributed by atoms with E-state index >= 15 is 0 Å². The number of amides is 1. The second kappa shape index (κ2) is 7.90. The third-order valence-electron chi connectivity index (χ3n) is 4.81. The number of aromatic nitrogens is 2. The number of rotatable bonds is 9. The molecule has 2 saturated carbocycles. The summed E-state index contributed by atoms with van der Waals surface area (Å²) in [6.07, 6.45) is 7.05. The molecule has 0 spiro atoms. The van der Waals surface area contributed by atoms with Crippen LogP contribution in [0.25, 0.3) is 0 Å². The summed E-state index contributed by atoms with van der Waals surface area (Å²) in [6.45, 7) is 1.39. The second-order valence-electron chi connectivity index (χ2n) is 7.25. The molecule has 6 nitrogen and oxygen atoms in total. The quantitative estimate of drug-likeness (QED) is 0.589. The molecular weight excluding hydrogens is 345 g/mol. The lowest BCUT2D eigenvalue weighted by molar-refractivity contribution is -0.122. The summed E-state index contributed by atoms with van der Waals surface area (Å²) < 4.78 is 13.4. The molecule has 2 aromatic rings. The molecule has 0 saturated heterocycles. The van der Waals surface area contributed by atoms with Crippen LogP contribution in [0.3, 0.4) is 0 Å². The average molecular weight is 369 g/mol. The maximum absolute atomic E-state index is 13.4. The number of hydrogen-bond donors (Lipinski definition) is 3. The van der Waals surface area contributed by atoms with Crippen molar-refractivity contribution in [2.45, 2.75) is 38.0 Å². The first-order chi connectivity index (χ1) is 13.2. The zero-order valence-corrected chi connectivity index (χ0v) is 15.2. The third-order valence-corrected chi connectivity index (χ3v) is 4.81. The minimum absolute atomic E-state index is 0.178. The van der Waals surface area contributed by atoms with Crippen molar-refractivity contribution in [3.63, 3.8) is 0 Å². The van der Waals surface area contributed by atoms with E-state index in [-0.39, 0.29) is 17.6 Å². The smallest absolute Gasteiger partial charge is 0.229 e. The first-order valence-electron chi connectivity index (χ1n) is 9.60. The number of hydrogen-bond acceptors (Lipinski definition) is 5. The summed E-state index contributed by atoms with van der Waals surface area (Å²) in [7, 11) is 0. The van der Waals surface area contributed by atoms with Gasteiger partial charge in [0, 0.05) is 36.5 Å². The highest BCUT2D eigenvalue weighted by atomic mass is 19.1. The van der Waals surface area contributed by atoms with Gasteiger partial charge in [0.1, 0.15) is 11.6 Å².